The topological polar surface area (TPSA) is 80.1 Å². The Hall–Kier alpha value is -3.13. The van der Waals surface area contributed by atoms with Crippen molar-refractivity contribution >= 4 is 35.0 Å². The molecule has 8 heteroatoms. The Morgan fingerprint density at radius 2 is 1.86 bits per heavy atom. The van der Waals surface area contributed by atoms with Gasteiger partial charge in [0.25, 0.3) is 0 Å². The highest BCUT2D eigenvalue weighted by molar-refractivity contribution is 8.00. The molecule has 2 heterocycles. The minimum atomic E-state index is -0.415. The van der Waals surface area contributed by atoms with E-state index in [9.17, 15) is 9.59 Å². The minimum Gasteiger partial charge on any atom is -0.323 e. The third-order valence-electron chi connectivity index (χ3n) is 4.80. The number of carbonyl (C=O) groups excluding carboxylic acids is 2. The molecule has 0 saturated heterocycles. The number of anilines is 2. The van der Waals surface area contributed by atoms with E-state index in [4.69, 9.17) is 0 Å². The molecule has 0 radical (unpaired) electrons. The fourth-order valence-electron chi connectivity index (χ4n) is 3.24. The predicted molar refractivity (Wildman–Crippen MR) is 113 cm³/mol. The monoisotopic (exact) mass is 407 g/mol. The number of thioether (sulfide) groups is 1. The molecule has 3 aromatic rings. The molecule has 1 aliphatic heterocycles. The lowest BCUT2D eigenvalue weighted by molar-refractivity contribution is -0.121. The second-order valence-electron chi connectivity index (χ2n) is 6.87. The molecule has 2 aromatic carbocycles. The average Bonchev–Trinajstić information content (AvgIpc) is 3.06. The molecule has 1 N–H and O–H groups in total. The lowest BCUT2D eigenvalue weighted by Crippen LogP contribution is -2.45. The Labute approximate surface area is 173 Å². The highest BCUT2D eigenvalue weighted by Crippen LogP contribution is 2.32. The first kappa shape index (κ1) is 19.2. The van der Waals surface area contributed by atoms with E-state index in [2.05, 4.69) is 15.5 Å². The summed E-state index contributed by atoms with van der Waals surface area (Å²) < 4.78 is 1.91. The van der Waals surface area contributed by atoms with Crippen LogP contribution in [0.4, 0.5) is 11.4 Å². The molecular weight excluding hydrogens is 386 g/mol. The summed E-state index contributed by atoms with van der Waals surface area (Å²) in [5.74, 6) is 0.504. The minimum absolute atomic E-state index is 0.0127. The van der Waals surface area contributed by atoms with Crippen LogP contribution in [0, 0.1) is 0 Å². The van der Waals surface area contributed by atoms with Crippen LogP contribution in [0.5, 0.6) is 0 Å². The van der Waals surface area contributed by atoms with Crippen molar-refractivity contribution in [3.63, 3.8) is 0 Å². The molecule has 1 aromatic heterocycles. The molecule has 29 heavy (non-hydrogen) atoms. The van der Waals surface area contributed by atoms with Gasteiger partial charge in [-0.05, 0) is 24.6 Å². The third kappa shape index (κ3) is 4.02. The summed E-state index contributed by atoms with van der Waals surface area (Å²) >= 11 is 1.35. The van der Waals surface area contributed by atoms with Crippen LogP contribution in [0.2, 0.25) is 0 Å². The number of nitrogens with one attached hydrogen (secondary N) is 1. The molecule has 1 aliphatic rings. The van der Waals surface area contributed by atoms with Gasteiger partial charge in [0.05, 0.1) is 16.6 Å². The molecular formula is C21H21N5O2S. The molecule has 0 unspecified atom stereocenters. The van der Waals surface area contributed by atoms with Crippen molar-refractivity contribution in [1.29, 1.82) is 0 Å². The Balaban J connectivity index is 1.49. The molecule has 1 atom stereocenters. The number of hydrogen-bond acceptors (Lipinski definition) is 5. The molecule has 0 spiro atoms. The fourth-order valence-corrected chi connectivity index (χ4v) is 4.13. The van der Waals surface area contributed by atoms with Crippen LogP contribution in [0.3, 0.4) is 0 Å². The van der Waals surface area contributed by atoms with Gasteiger partial charge in [-0.25, -0.2) is 0 Å². The quantitative estimate of drug-likeness (QED) is 0.658. The van der Waals surface area contributed by atoms with Gasteiger partial charge in [-0.15, -0.1) is 10.2 Å². The Morgan fingerprint density at radius 1 is 1.14 bits per heavy atom. The van der Waals surface area contributed by atoms with Crippen LogP contribution < -0.4 is 10.2 Å². The average molecular weight is 407 g/mol. The van der Waals surface area contributed by atoms with E-state index in [1.165, 1.54) is 16.7 Å². The standard InChI is InChI=1S/C21H21N5O2S/c1-14(20(28)26-13-19(27)22-16-10-6-7-11-17(16)26)29-21-24-23-18(25(21)2)12-15-8-4-3-5-9-15/h3-11,14H,12-13H2,1-2H3,(H,22,27)/t14-/m0/s1. The van der Waals surface area contributed by atoms with Crippen molar-refractivity contribution in [1.82, 2.24) is 14.8 Å². The van der Waals surface area contributed by atoms with E-state index in [-0.39, 0.29) is 18.4 Å². The Morgan fingerprint density at radius 3 is 2.66 bits per heavy atom. The van der Waals surface area contributed by atoms with E-state index >= 15 is 0 Å². The fraction of sp³-hybridized carbons (Fsp3) is 0.238. The number of aromatic nitrogens is 3. The van der Waals surface area contributed by atoms with Gasteiger partial charge in [-0.2, -0.15) is 0 Å². The zero-order valence-electron chi connectivity index (χ0n) is 16.2. The summed E-state index contributed by atoms with van der Waals surface area (Å²) in [6.45, 7) is 1.84. The van der Waals surface area contributed by atoms with Gasteiger partial charge in [0.15, 0.2) is 5.16 Å². The number of hydrogen-bond donors (Lipinski definition) is 1. The zero-order chi connectivity index (χ0) is 20.4. The van der Waals surface area contributed by atoms with Crippen LogP contribution >= 0.6 is 11.8 Å². The summed E-state index contributed by atoms with van der Waals surface area (Å²) in [6, 6.07) is 17.4. The van der Waals surface area contributed by atoms with Crippen molar-refractivity contribution in [2.75, 3.05) is 16.8 Å². The summed E-state index contributed by atoms with van der Waals surface area (Å²) in [7, 11) is 1.90. The number of rotatable bonds is 5. The molecule has 0 aliphatic carbocycles. The lowest BCUT2D eigenvalue weighted by atomic mass is 10.1. The van der Waals surface area contributed by atoms with Gasteiger partial charge in [0, 0.05) is 13.5 Å². The Bertz CT molecular complexity index is 1050. The van der Waals surface area contributed by atoms with Crippen molar-refractivity contribution < 1.29 is 9.59 Å². The van der Waals surface area contributed by atoms with E-state index in [0.717, 1.165) is 11.4 Å². The van der Waals surface area contributed by atoms with E-state index in [0.29, 0.717) is 23.0 Å². The van der Waals surface area contributed by atoms with E-state index < -0.39 is 5.25 Å². The molecule has 0 saturated carbocycles. The van der Waals surface area contributed by atoms with Gasteiger partial charge in [0.2, 0.25) is 11.8 Å². The SMILES string of the molecule is C[C@H](Sc1nnc(Cc2ccccc2)n1C)C(=O)N1CC(=O)Nc2ccccc21. The number of benzene rings is 2. The van der Waals surface area contributed by atoms with Crippen molar-refractivity contribution in [2.24, 2.45) is 7.05 Å². The highest BCUT2D eigenvalue weighted by atomic mass is 32.2. The summed E-state index contributed by atoms with van der Waals surface area (Å²) in [6.07, 6.45) is 0.674. The maximum absolute atomic E-state index is 13.1. The highest BCUT2D eigenvalue weighted by Gasteiger charge is 2.30. The number of nitrogens with zero attached hydrogens (tertiary/aromatic N) is 4. The molecule has 0 fully saturated rings. The smallest absolute Gasteiger partial charge is 0.244 e. The van der Waals surface area contributed by atoms with E-state index in [1.807, 2.05) is 67.1 Å². The van der Waals surface area contributed by atoms with Crippen LogP contribution in [-0.4, -0.2) is 38.4 Å². The third-order valence-corrected chi connectivity index (χ3v) is 5.92. The summed E-state index contributed by atoms with van der Waals surface area (Å²) in [5, 5.41) is 11.6. The first-order valence-electron chi connectivity index (χ1n) is 9.32. The lowest BCUT2D eigenvalue weighted by Gasteiger charge is -2.30. The van der Waals surface area contributed by atoms with Gasteiger partial charge >= 0.3 is 0 Å². The summed E-state index contributed by atoms with van der Waals surface area (Å²) in [5.41, 5.74) is 2.52. The van der Waals surface area contributed by atoms with Gasteiger partial charge < -0.3 is 9.88 Å². The number of amides is 2. The summed E-state index contributed by atoms with van der Waals surface area (Å²) in [4.78, 5) is 26.6. The second kappa shape index (κ2) is 8.08. The van der Waals surface area contributed by atoms with E-state index in [1.54, 1.807) is 6.07 Å². The largest absolute Gasteiger partial charge is 0.323 e. The van der Waals surface area contributed by atoms with Gasteiger partial charge in [0.1, 0.15) is 12.4 Å². The van der Waals surface area contributed by atoms with Crippen LogP contribution in [0.1, 0.15) is 18.3 Å². The number of fused-ring (bicyclic) bond motifs is 1. The molecule has 0 bridgehead atoms. The first-order chi connectivity index (χ1) is 14.0. The molecule has 4 rings (SSSR count). The van der Waals surface area contributed by atoms with Gasteiger partial charge in [-0.1, -0.05) is 54.2 Å². The zero-order valence-corrected chi connectivity index (χ0v) is 17.0. The maximum Gasteiger partial charge on any atom is 0.244 e. The Kier molecular flexibility index (Phi) is 5.35. The number of carbonyl (C=O) groups is 2. The maximum atomic E-state index is 13.1. The second-order valence-corrected chi connectivity index (χ2v) is 8.18. The first-order valence-corrected chi connectivity index (χ1v) is 10.2. The predicted octanol–water partition coefficient (Wildman–Crippen LogP) is 2.87. The molecule has 148 valence electrons. The molecule has 2 amide bonds. The normalized spacial score (nSPS) is 14.3. The van der Waals surface area contributed by atoms with Crippen molar-refractivity contribution in [3.05, 3.63) is 66.0 Å². The van der Waals surface area contributed by atoms with Crippen LogP contribution in [0.15, 0.2) is 59.8 Å². The van der Waals surface area contributed by atoms with Crippen LogP contribution in [0.25, 0.3) is 0 Å². The van der Waals surface area contributed by atoms with Gasteiger partial charge in [-0.3, -0.25) is 14.5 Å². The number of para-hydroxylation sites is 2. The van der Waals surface area contributed by atoms with Crippen molar-refractivity contribution in [2.45, 2.75) is 23.8 Å². The van der Waals surface area contributed by atoms with Crippen LogP contribution in [-0.2, 0) is 23.1 Å². The van der Waals surface area contributed by atoms with Crippen molar-refractivity contribution in [3.8, 4) is 0 Å². The molecule has 7 nitrogen and oxygen atoms in total.